The van der Waals surface area contributed by atoms with Crippen LogP contribution in [-0.4, -0.2) is 48.5 Å². The number of rotatable bonds is 1. The van der Waals surface area contributed by atoms with Crippen molar-refractivity contribution in [3.8, 4) is 0 Å². The molecule has 3 unspecified atom stereocenters. The van der Waals surface area contributed by atoms with Gasteiger partial charge in [-0.1, -0.05) is 0 Å². The number of hydrogen-bond acceptors (Lipinski definition) is 4. The van der Waals surface area contributed by atoms with Crippen molar-refractivity contribution in [2.24, 2.45) is 17.8 Å². The summed E-state index contributed by atoms with van der Waals surface area (Å²) in [7, 11) is 0. The number of hydroxylamine groups is 2. The van der Waals surface area contributed by atoms with E-state index in [2.05, 4.69) is 0 Å². The van der Waals surface area contributed by atoms with E-state index in [1.807, 2.05) is 0 Å². The van der Waals surface area contributed by atoms with Crippen molar-refractivity contribution in [2.75, 3.05) is 26.4 Å². The van der Waals surface area contributed by atoms with Crippen molar-refractivity contribution in [1.82, 2.24) is 5.06 Å². The highest BCUT2D eigenvalue weighted by Gasteiger charge is 2.59. The molecule has 1 aliphatic carbocycles. The van der Waals surface area contributed by atoms with Crippen molar-refractivity contribution in [2.45, 2.75) is 6.10 Å². The van der Waals surface area contributed by atoms with Crippen molar-refractivity contribution in [3.05, 3.63) is 0 Å². The van der Waals surface area contributed by atoms with Gasteiger partial charge in [-0.15, -0.1) is 0 Å². The zero-order valence-electron chi connectivity index (χ0n) is 7.76. The predicted molar refractivity (Wildman–Crippen MR) is 45.0 cm³/mol. The molecule has 0 aromatic rings. The normalized spacial score (nSPS) is 45.4. The first kappa shape index (κ1) is 8.64. The van der Waals surface area contributed by atoms with Crippen LogP contribution in [-0.2, 0) is 14.4 Å². The Morgan fingerprint density at radius 2 is 2.00 bits per heavy atom. The molecule has 3 fully saturated rings. The lowest BCUT2D eigenvalue weighted by Crippen LogP contribution is -2.31. The van der Waals surface area contributed by atoms with Crippen LogP contribution in [0.25, 0.3) is 0 Å². The summed E-state index contributed by atoms with van der Waals surface area (Å²) in [4.78, 5) is 16.9. The summed E-state index contributed by atoms with van der Waals surface area (Å²) in [5, 5.41) is 10.5. The van der Waals surface area contributed by atoms with E-state index in [-0.39, 0.29) is 18.4 Å². The molecule has 3 aliphatic rings. The molecule has 5 heteroatoms. The molecule has 2 heterocycles. The second kappa shape index (κ2) is 2.92. The molecular formula is C9H13NO4. The third-order valence-electron chi connectivity index (χ3n) is 3.28. The Morgan fingerprint density at radius 1 is 1.29 bits per heavy atom. The third-order valence-corrected chi connectivity index (χ3v) is 3.28. The Kier molecular flexibility index (Phi) is 1.80. The van der Waals surface area contributed by atoms with Gasteiger partial charge in [-0.05, 0) is 0 Å². The molecule has 0 aromatic heterocycles. The van der Waals surface area contributed by atoms with Gasteiger partial charge in [0.1, 0.15) is 6.61 Å². The van der Waals surface area contributed by atoms with Crippen LogP contribution in [0.3, 0.4) is 0 Å². The number of aliphatic hydroxyl groups is 1. The van der Waals surface area contributed by atoms with Gasteiger partial charge in [-0.3, -0.25) is 9.63 Å². The number of carbonyl (C=O) groups is 1. The first-order valence-electron chi connectivity index (χ1n) is 4.97. The van der Waals surface area contributed by atoms with E-state index in [0.717, 1.165) is 0 Å². The summed E-state index contributed by atoms with van der Waals surface area (Å²) in [6, 6.07) is 0. The topological polar surface area (TPSA) is 59.0 Å². The standard InChI is InChI=1S/C9H13NO4/c11-5-1-10(14-2-5)9(12)8-6-3-13-4-7(6)8/h5-8,11H,1-4H2. The minimum absolute atomic E-state index is 0.0276. The second-order valence-electron chi connectivity index (χ2n) is 4.24. The molecule has 5 nitrogen and oxygen atoms in total. The average molecular weight is 199 g/mol. The van der Waals surface area contributed by atoms with Crippen LogP contribution in [0.15, 0.2) is 0 Å². The van der Waals surface area contributed by atoms with Crippen LogP contribution < -0.4 is 0 Å². The van der Waals surface area contributed by atoms with E-state index < -0.39 is 6.10 Å². The fraction of sp³-hybridized carbons (Fsp3) is 0.889. The summed E-state index contributed by atoms with van der Waals surface area (Å²) in [5.74, 6) is 0.932. The summed E-state index contributed by atoms with van der Waals surface area (Å²) < 4.78 is 5.21. The van der Waals surface area contributed by atoms with Gasteiger partial charge in [0.15, 0.2) is 0 Å². The number of carbonyl (C=O) groups excluding carboxylic acids is 1. The predicted octanol–water partition coefficient (Wildman–Crippen LogP) is -0.987. The van der Waals surface area contributed by atoms with Crippen LogP contribution in [0.4, 0.5) is 0 Å². The molecule has 1 N–H and O–H groups in total. The number of hydrogen-bond donors (Lipinski definition) is 1. The first-order valence-corrected chi connectivity index (χ1v) is 4.97. The number of amides is 1. The Bertz CT molecular complexity index is 256. The zero-order chi connectivity index (χ0) is 9.71. The molecule has 1 saturated carbocycles. The van der Waals surface area contributed by atoms with Gasteiger partial charge >= 0.3 is 0 Å². The number of β-amino-alcohol motifs (C(OH)–C–C–N with tert-alkyl or cyclic N) is 1. The van der Waals surface area contributed by atoms with Gasteiger partial charge in [0, 0.05) is 11.8 Å². The molecule has 3 atom stereocenters. The minimum atomic E-state index is -0.520. The molecule has 2 aliphatic heterocycles. The van der Waals surface area contributed by atoms with E-state index in [4.69, 9.17) is 9.57 Å². The van der Waals surface area contributed by atoms with Gasteiger partial charge in [-0.2, -0.15) is 0 Å². The highest BCUT2D eigenvalue weighted by molar-refractivity contribution is 5.81. The maximum absolute atomic E-state index is 11.8. The summed E-state index contributed by atoms with van der Waals surface area (Å²) in [6.07, 6.45) is -0.520. The molecule has 78 valence electrons. The lowest BCUT2D eigenvalue weighted by Gasteiger charge is -2.14. The SMILES string of the molecule is O=C(C1C2COCC21)N1CC(O)CO1. The summed E-state index contributed by atoms with van der Waals surface area (Å²) >= 11 is 0. The van der Waals surface area contributed by atoms with E-state index in [1.165, 1.54) is 5.06 Å². The number of aliphatic hydroxyl groups excluding tert-OH is 1. The summed E-state index contributed by atoms with van der Waals surface area (Å²) in [6.45, 7) is 1.97. The number of nitrogens with zero attached hydrogens (tertiary/aromatic N) is 1. The van der Waals surface area contributed by atoms with Gasteiger partial charge in [0.2, 0.25) is 5.91 Å². The largest absolute Gasteiger partial charge is 0.389 e. The lowest BCUT2D eigenvalue weighted by molar-refractivity contribution is -0.171. The van der Waals surface area contributed by atoms with Crippen molar-refractivity contribution in [3.63, 3.8) is 0 Å². The highest BCUT2D eigenvalue weighted by Crippen LogP contribution is 2.51. The quantitative estimate of drug-likeness (QED) is 0.589. The molecule has 3 rings (SSSR count). The lowest BCUT2D eigenvalue weighted by atomic mass is 10.3. The maximum Gasteiger partial charge on any atom is 0.250 e. The Morgan fingerprint density at radius 3 is 2.57 bits per heavy atom. The number of fused-ring (bicyclic) bond motifs is 1. The molecule has 2 saturated heterocycles. The van der Waals surface area contributed by atoms with Crippen molar-refractivity contribution >= 4 is 5.91 Å². The molecule has 14 heavy (non-hydrogen) atoms. The Hall–Kier alpha value is -0.650. The maximum atomic E-state index is 11.8. The highest BCUT2D eigenvalue weighted by atomic mass is 16.7. The monoisotopic (exact) mass is 199 g/mol. The molecule has 0 radical (unpaired) electrons. The first-order chi connectivity index (χ1) is 6.77. The van der Waals surface area contributed by atoms with E-state index >= 15 is 0 Å². The molecule has 0 bridgehead atoms. The summed E-state index contributed by atoms with van der Waals surface area (Å²) in [5.41, 5.74) is 0. The van der Waals surface area contributed by atoms with Gasteiger partial charge in [0.25, 0.3) is 0 Å². The van der Waals surface area contributed by atoms with E-state index in [0.29, 0.717) is 31.6 Å². The fourth-order valence-electron chi connectivity index (χ4n) is 2.40. The zero-order valence-corrected chi connectivity index (χ0v) is 7.76. The van der Waals surface area contributed by atoms with Gasteiger partial charge in [0.05, 0.1) is 31.8 Å². The van der Waals surface area contributed by atoms with Crippen molar-refractivity contribution in [1.29, 1.82) is 0 Å². The van der Waals surface area contributed by atoms with Gasteiger partial charge < -0.3 is 9.84 Å². The van der Waals surface area contributed by atoms with Crippen LogP contribution in [0, 0.1) is 17.8 Å². The van der Waals surface area contributed by atoms with E-state index in [9.17, 15) is 9.90 Å². The molecule has 0 aromatic carbocycles. The number of ether oxygens (including phenoxy) is 1. The average Bonchev–Trinajstić information content (AvgIpc) is 2.56. The molecular weight excluding hydrogens is 186 g/mol. The van der Waals surface area contributed by atoms with Crippen LogP contribution in [0.1, 0.15) is 0 Å². The van der Waals surface area contributed by atoms with Crippen LogP contribution >= 0.6 is 0 Å². The van der Waals surface area contributed by atoms with Gasteiger partial charge in [-0.25, -0.2) is 5.06 Å². The fourth-order valence-corrected chi connectivity index (χ4v) is 2.40. The second-order valence-corrected chi connectivity index (χ2v) is 4.24. The molecule has 1 amide bonds. The smallest absolute Gasteiger partial charge is 0.250 e. The minimum Gasteiger partial charge on any atom is -0.389 e. The van der Waals surface area contributed by atoms with Crippen LogP contribution in [0.5, 0.6) is 0 Å². The van der Waals surface area contributed by atoms with Crippen LogP contribution in [0.2, 0.25) is 0 Å². The van der Waals surface area contributed by atoms with E-state index in [1.54, 1.807) is 0 Å². The Labute approximate surface area is 81.5 Å². The third kappa shape index (κ3) is 1.16. The molecule has 0 spiro atoms. The Balaban J connectivity index is 1.61. The van der Waals surface area contributed by atoms with Crippen molar-refractivity contribution < 1.29 is 19.5 Å².